The number of aryl methyl sites for hydroxylation is 1. The van der Waals surface area contributed by atoms with Crippen LogP contribution in [0, 0.1) is 6.92 Å². The Kier molecular flexibility index (Phi) is 17.4. The van der Waals surface area contributed by atoms with Crippen LogP contribution in [0.3, 0.4) is 0 Å². The Morgan fingerprint density at radius 2 is 1.31 bits per heavy atom. The molecule has 1 saturated heterocycles. The predicted octanol–water partition coefficient (Wildman–Crippen LogP) is 5.00. The van der Waals surface area contributed by atoms with E-state index in [2.05, 4.69) is 38.0 Å². The average Bonchev–Trinajstić information content (AvgIpc) is 4.05. The summed E-state index contributed by atoms with van der Waals surface area (Å²) < 4.78 is 47.3. The number of amides is 4. The van der Waals surface area contributed by atoms with Gasteiger partial charge in [0.05, 0.1) is 37.0 Å². The second kappa shape index (κ2) is 23.5. The first-order valence-electron chi connectivity index (χ1n) is 21.1. The SMILES string of the molecule is C/C(=N\NS(=O)(=O)c1ccc(C)cc1)c1cccc(NC(=O)CCC(=O)NCCCOCCOCCOCCCNC(=O)C2ON2C(=O)OCC2c3ccccc3-c3ccccc32)c1. The highest BCUT2D eigenvalue weighted by Crippen LogP contribution is 2.44. The molecule has 340 valence electrons. The molecule has 2 aliphatic rings. The van der Waals surface area contributed by atoms with Crippen LogP contribution in [0.2, 0.25) is 0 Å². The zero-order chi connectivity index (χ0) is 45.3. The number of hydrazone groups is 1. The Labute approximate surface area is 372 Å². The van der Waals surface area contributed by atoms with E-state index < -0.39 is 28.3 Å². The third-order valence-corrected chi connectivity index (χ3v) is 11.4. The van der Waals surface area contributed by atoms with Crippen LogP contribution in [0.1, 0.15) is 60.8 Å². The fraction of sp³-hybridized carbons (Fsp3) is 0.370. The van der Waals surface area contributed by atoms with Crippen LogP contribution in [0.5, 0.6) is 0 Å². The van der Waals surface area contributed by atoms with Crippen molar-refractivity contribution in [3.8, 4) is 11.1 Å². The normalized spacial score (nSPS) is 14.3. The van der Waals surface area contributed by atoms with Gasteiger partial charge in [0.2, 0.25) is 11.8 Å². The number of sulfonamides is 1. The van der Waals surface area contributed by atoms with E-state index in [1.165, 1.54) is 12.1 Å². The van der Waals surface area contributed by atoms with Gasteiger partial charge in [-0.2, -0.15) is 18.4 Å². The molecule has 0 aromatic heterocycles. The Balaban J connectivity index is 0.715. The smallest absolute Gasteiger partial charge is 0.437 e. The number of carbonyl (C=O) groups is 4. The Hall–Kier alpha value is -6.18. The number of ether oxygens (including phenoxy) is 4. The number of anilines is 1. The largest absolute Gasteiger partial charge is 0.447 e. The van der Waals surface area contributed by atoms with Gasteiger partial charge in [-0.1, -0.05) is 78.4 Å². The van der Waals surface area contributed by atoms with Gasteiger partial charge in [0.1, 0.15) is 6.61 Å². The van der Waals surface area contributed by atoms with E-state index in [1.54, 1.807) is 43.3 Å². The minimum atomic E-state index is -3.84. The van der Waals surface area contributed by atoms with Crippen molar-refractivity contribution in [2.75, 3.05) is 64.7 Å². The molecule has 4 amide bonds. The summed E-state index contributed by atoms with van der Waals surface area (Å²) in [6, 6.07) is 29.3. The van der Waals surface area contributed by atoms with Crippen LogP contribution in [-0.2, 0) is 48.2 Å². The summed E-state index contributed by atoms with van der Waals surface area (Å²) in [5, 5.41) is 13.2. The second-order valence-corrected chi connectivity index (χ2v) is 16.7. The maximum atomic E-state index is 12.6. The maximum absolute atomic E-state index is 12.6. The van der Waals surface area contributed by atoms with Gasteiger partial charge in [0.15, 0.2) is 0 Å². The van der Waals surface area contributed by atoms with Crippen molar-refractivity contribution in [1.29, 1.82) is 0 Å². The average molecular weight is 899 g/mol. The molecule has 4 aromatic rings. The molecule has 0 saturated carbocycles. The first-order valence-corrected chi connectivity index (χ1v) is 22.6. The van der Waals surface area contributed by atoms with Gasteiger partial charge in [0.25, 0.3) is 22.2 Å². The summed E-state index contributed by atoms with van der Waals surface area (Å²) in [7, 11) is -3.84. The lowest BCUT2D eigenvalue weighted by atomic mass is 9.98. The summed E-state index contributed by atoms with van der Waals surface area (Å²) in [5.41, 5.74) is 6.88. The van der Waals surface area contributed by atoms with Gasteiger partial charge in [0, 0.05) is 50.8 Å². The standard InChI is InChI=1S/C46H54N6O11S/c1-32-16-18-36(19-17-32)64(57,58)51-50-33(2)34-10-7-11-35(30-34)49-43(54)21-20-42(53)47-22-8-24-59-26-28-61-29-27-60-25-9-23-48-44(55)45-52(63-45)46(56)62-31-41-39-14-5-3-12-37(39)38-13-4-6-15-40(38)41/h3-7,10-19,30,41,45,51H,8-9,20-29,31H2,1-2H3,(H,47,53)(H,48,55)(H,49,54)/b50-33+. The molecule has 17 nitrogen and oxygen atoms in total. The minimum absolute atomic E-state index is 0.0120. The molecule has 1 fully saturated rings. The molecule has 1 aliphatic carbocycles. The number of rotatable bonds is 25. The minimum Gasteiger partial charge on any atom is -0.447 e. The molecule has 4 N–H and O–H groups in total. The number of hydrogen-bond donors (Lipinski definition) is 4. The zero-order valence-electron chi connectivity index (χ0n) is 35.9. The van der Waals surface area contributed by atoms with E-state index in [4.69, 9.17) is 23.8 Å². The van der Waals surface area contributed by atoms with Crippen LogP contribution in [0.15, 0.2) is 107 Å². The molecule has 1 heterocycles. The Bertz CT molecular complexity index is 2330. The van der Waals surface area contributed by atoms with Crippen LogP contribution in [0.4, 0.5) is 10.5 Å². The molecule has 18 heteroatoms. The molecule has 4 aromatic carbocycles. The van der Waals surface area contributed by atoms with Crippen molar-refractivity contribution in [2.45, 2.75) is 56.6 Å². The molecule has 6 rings (SSSR count). The zero-order valence-corrected chi connectivity index (χ0v) is 36.7. The molecule has 0 bridgehead atoms. The van der Waals surface area contributed by atoms with Gasteiger partial charge in [-0.3, -0.25) is 14.4 Å². The molecule has 1 unspecified atom stereocenters. The van der Waals surface area contributed by atoms with Crippen molar-refractivity contribution >= 4 is 45.2 Å². The maximum Gasteiger partial charge on any atom is 0.437 e. The lowest BCUT2D eigenvalue weighted by molar-refractivity contribution is -0.124. The van der Waals surface area contributed by atoms with Crippen molar-refractivity contribution in [2.24, 2.45) is 5.10 Å². The number of nitrogens with one attached hydrogen (secondary N) is 4. The van der Waals surface area contributed by atoms with E-state index >= 15 is 0 Å². The number of hydroxylamine groups is 2. The van der Waals surface area contributed by atoms with E-state index in [1.807, 2.05) is 43.3 Å². The van der Waals surface area contributed by atoms with E-state index in [-0.39, 0.29) is 42.1 Å². The summed E-state index contributed by atoms with van der Waals surface area (Å²) >= 11 is 0. The van der Waals surface area contributed by atoms with Crippen molar-refractivity contribution in [3.63, 3.8) is 0 Å². The predicted molar refractivity (Wildman–Crippen MR) is 238 cm³/mol. The van der Waals surface area contributed by atoms with Gasteiger partial charge >= 0.3 is 6.09 Å². The quantitative estimate of drug-likeness (QED) is 0.0301. The van der Waals surface area contributed by atoms with E-state index in [0.717, 1.165) is 32.9 Å². The number of hydrogen-bond acceptors (Lipinski definition) is 12. The van der Waals surface area contributed by atoms with Crippen LogP contribution >= 0.6 is 0 Å². The summed E-state index contributed by atoms with van der Waals surface area (Å²) in [4.78, 5) is 57.3. The summed E-state index contributed by atoms with van der Waals surface area (Å²) in [6.07, 6.45) is -0.573. The first kappa shape index (κ1) is 47.3. The van der Waals surface area contributed by atoms with Gasteiger partial charge in [-0.25, -0.2) is 9.63 Å². The van der Waals surface area contributed by atoms with Gasteiger partial charge in [-0.05, 0) is 78.8 Å². The third kappa shape index (κ3) is 13.9. The molecular formula is C46H54N6O11S. The van der Waals surface area contributed by atoms with E-state index in [9.17, 15) is 27.6 Å². The van der Waals surface area contributed by atoms with Crippen molar-refractivity contribution < 1.29 is 51.4 Å². The number of carbonyl (C=O) groups excluding carboxylic acids is 4. The molecule has 1 atom stereocenters. The lowest BCUT2D eigenvalue weighted by Crippen LogP contribution is -2.32. The van der Waals surface area contributed by atoms with Crippen LogP contribution in [-0.4, -0.2) is 109 Å². The van der Waals surface area contributed by atoms with E-state index in [0.29, 0.717) is 82.5 Å². The highest BCUT2D eigenvalue weighted by atomic mass is 32.2. The fourth-order valence-electron chi connectivity index (χ4n) is 6.77. The molecule has 1 aliphatic heterocycles. The fourth-order valence-corrected chi connectivity index (χ4v) is 7.63. The molecule has 64 heavy (non-hydrogen) atoms. The topological polar surface area (TPSA) is 215 Å². The summed E-state index contributed by atoms with van der Waals surface area (Å²) in [6.45, 7) is 6.74. The first-order chi connectivity index (χ1) is 31.0. The Morgan fingerprint density at radius 1 is 0.719 bits per heavy atom. The lowest BCUT2D eigenvalue weighted by Gasteiger charge is -2.13. The molecule has 0 radical (unpaired) electrons. The van der Waals surface area contributed by atoms with Crippen LogP contribution < -0.4 is 20.8 Å². The van der Waals surface area contributed by atoms with Crippen molar-refractivity contribution in [1.82, 2.24) is 20.5 Å². The third-order valence-electron chi connectivity index (χ3n) is 10.2. The number of fused-ring (bicyclic) bond motifs is 3. The number of nitrogens with zero attached hydrogens (tertiary/aromatic N) is 2. The van der Waals surface area contributed by atoms with Gasteiger partial charge < -0.3 is 34.9 Å². The summed E-state index contributed by atoms with van der Waals surface area (Å²) in [5.74, 6) is -1.11. The Morgan fingerprint density at radius 3 is 1.97 bits per heavy atom. The van der Waals surface area contributed by atoms with Crippen LogP contribution in [0.25, 0.3) is 11.1 Å². The monoisotopic (exact) mass is 898 g/mol. The highest BCUT2D eigenvalue weighted by molar-refractivity contribution is 7.89. The molecule has 0 spiro atoms. The number of benzene rings is 4. The second-order valence-electron chi connectivity index (χ2n) is 15.0. The van der Waals surface area contributed by atoms with Crippen molar-refractivity contribution in [3.05, 3.63) is 119 Å². The molecular weight excluding hydrogens is 845 g/mol. The van der Waals surface area contributed by atoms with Gasteiger partial charge in [-0.15, -0.1) is 5.06 Å². The highest BCUT2D eigenvalue weighted by Gasteiger charge is 2.49.